The van der Waals surface area contributed by atoms with E-state index in [9.17, 15) is 4.79 Å². The number of hydrogen-bond acceptors (Lipinski definition) is 4. The van der Waals surface area contributed by atoms with E-state index in [1.165, 1.54) is 6.07 Å². The Morgan fingerprint density at radius 1 is 1.20 bits per heavy atom. The molecule has 5 heteroatoms. The maximum Gasteiger partial charge on any atom is 0.337 e. The highest BCUT2D eigenvalue weighted by Crippen LogP contribution is 2.29. The van der Waals surface area contributed by atoms with Gasteiger partial charge < -0.3 is 15.6 Å². The number of nitrogen functional groups attached to an aromatic ring is 1. The van der Waals surface area contributed by atoms with Crippen LogP contribution in [0, 0.1) is 6.92 Å². The largest absolute Gasteiger partial charge is 0.478 e. The van der Waals surface area contributed by atoms with Crippen molar-refractivity contribution in [3.63, 3.8) is 0 Å². The summed E-state index contributed by atoms with van der Waals surface area (Å²) in [4.78, 5) is 12.3. The quantitative estimate of drug-likeness (QED) is 0.661. The highest BCUT2D eigenvalue weighted by molar-refractivity contribution is 7.98. The van der Waals surface area contributed by atoms with Crippen LogP contribution in [0.15, 0.2) is 41.3 Å². The summed E-state index contributed by atoms with van der Waals surface area (Å²) in [6, 6.07) is 10.7. The molecule has 0 aliphatic carbocycles. The van der Waals surface area contributed by atoms with Crippen LogP contribution < -0.4 is 10.5 Å². The van der Waals surface area contributed by atoms with Gasteiger partial charge >= 0.3 is 5.97 Å². The molecule has 2 aromatic rings. The van der Waals surface area contributed by atoms with Gasteiger partial charge in [0.1, 0.15) is 11.5 Å². The fourth-order valence-electron chi connectivity index (χ4n) is 1.78. The Morgan fingerprint density at radius 3 is 2.40 bits per heavy atom. The molecular weight excluding hydrogens is 274 g/mol. The van der Waals surface area contributed by atoms with E-state index in [0.717, 1.165) is 4.90 Å². The van der Waals surface area contributed by atoms with E-state index >= 15 is 0 Å². The van der Waals surface area contributed by atoms with Crippen LogP contribution in [0.3, 0.4) is 0 Å². The van der Waals surface area contributed by atoms with Crippen molar-refractivity contribution in [3.05, 3.63) is 47.5 Å². The number of hydrogen-bond donors (Lipinski definition) is 2. The summed E-state index contributed by atoms with van der Waals surface area (Å²) in [5, 5.41) is 9.11. The van der Waals surface area contributed by atoms with E-state index in [-0.39, 0.29) is 11.3 Å². The number of carbonyl (C=O) groups is 1. The number of carboxylic acid groups (broad SMARTS) is 1. The molecular formula is C15H15NO3S. The van der Waals surface area contributed by atoms with Gasteiger partial charge in [-0.25, -0.2) is 4.79 Å². The zero-order valence-electron chi connectivity index (χ0n) is 11.2. The second kappa shape index (κ2) is 5.88. The normalized spacial score (nSPS) is 10.3. The van der Waals surface area contributed by atoms with Crippen molar-refractivity contribution in [3.8, 4) is 11.5 Å². The Bertz CT molecular complexity index is 638. The highest BCUT2D eigenvalue weighted by atomic mass is 32.2. The minimum absolute atomic E-state index is 0.0562. The molecule has 0 saturated heterocycles. The van der Waals surface area contributed by atoms with Gasteiger partial charge in [-0.05, 0) is 55.1 Å². The number of nitrogens with two attached hydrogens (primary N) is 1. The lowest BCUT2D eigenvalue weighted by atomic mass is 10.1. The summed E-state index contributed by atoms with van der Waals surface area (Å²) in [6.07, 6.45) is 2.00. The van der Waals surface area contributed by atoms with Crippen molar-refractivity contribution < 1.29 is 14.6 Å². The molecule has 0 amide bonds. The topological polar surface area (TPSA) is 72.5 Å². The van der Waals surface area contributed by atoms with Crippen molar-refractivity contribution in [2.24, 2.45) is 0 Å². The van der Waals surface area contributed by atoms with Gasteiger partial charge in [-0.15, -0.1) is 11.8 Å². The van der Waals surface area contributed by atoms with Gasteiger partial charge in [0.2, 0.25) is 0 Å². The SMILES string of the molecule is CSc1ccc(Oc2cc(C)c(N)c(C(=O)O)c2)cc1. The molecule has 2 rings (SSSR count). The summed E-state index contributed by atoms with van der Waals surface area (Å²) in [6.45, 7) is 1.76. The number of rotatable bonds is 4. The van der Waals surface area contributed by atoms with Crippen LogP contribution in [0.5, 0.6) is 11.5 Å². The molecule has 0 unspecified atom stereocenters. The maximum atomic E-state index is 11.1. The third-order valence-corrected chi connectivity index (χ3v) is 3.63. The molecule has 0 radical (unpaired) electrons. The number of benzene rings is 2. The average Bonchev–Trinajstić information content (AvgIpc) is 2.43. The van der Waals surface area contributed by atoms with Crippen molar-refractivity contribution in [1.82, 2.24) is 0 Å². The van der Waals surface area contributed by atoms with Gasteiger partial charge in [0, 0.05) is 10.6 Å². The Hall–Kier alpha value is -2.14. The molecule has 4 nitrogen and oxygen atoms in total. The number of anilines is 1. The minimum atomic E-state index is -1.06. The molecule has 20 heavy (non-hydrogen) atoms. The molecule has 0 aromatic heterocycles. The minimum Gasteiger partial charge on any atom is -0.478 e. The highest BCUT2D eigenvalue weighted by Gasteiger charge is 2.12. The zero-order valence-corrected chi connectivity index (χ0v) is 12.0. The summed E-state index contributed by atoms with van der Waals surface area (Å²) < 4.78 is 5.68. The Balaban J connectivity index is 2.31. The molecule has 3 N–H and O–H groups in total. The molecule has 104 valence electrons. The molecule has 0 bridgehead atoms. The summed E-state index contributed by atoms with van der Waals surface area (Å²) >= 11 is 1.64. The fraction of sp³-hybridized carbons (Fsp3) is 0.133. The van der Waals surface area contributed by atoms with E-state index in [1.807, 2.05) is 30.5 Å². The van der Waals surface area contributed by atoms with Crippen LogP contribution in [0.4, 0.5) is 5.69 Å². The second-order valence-electron chi connectivity index (χ2n) is 4.28. The van der Waals surface area contributed by atoms with Crippen molar-refractivity contribution in [2.75, 3.05) is 12.0 Å². The first-order chi connectivity index (χ1) is 9.51. The first-order valence-corrected chi connectivity index (χ1v) is 7.19. The lowest BCUT2D eigenvalue weighted by Gasteiger charge is -2.10. The first kappa shape index (κ1) is 14.3. The van der Waals surface area contributed by atoms with Gasteiger partial charge in [-0.2, -0.15) is 0 Å². The van der Waals surface area contributed by atoms with E-state index in [2.05, 4.69) is 0 Å². The fourth-order valence-corrected chi connectivity index (χ4v) is 2.19. The van der Waals surface area contributed by atoms with Crippen molar-refractivity contribution in [2.45, 2.75) is 11.8 Å². The number of carboxylic acids is 1. The molecule has 2 aromatic carbocycles. The predicted octanol–water partition coefficient (Wildman–Crippen LogP) is 3.79. The molecule has 0 aliphatic heterocycles. The van der Waals surface area contributed by atoms with E-state index < -0.39 is 5.97 Å². The van der Waals surface area contributed by atoms with Crippen LogP contribution in [-0.2, 0) is 0 Å². The van der Waals surface area contributed by atoms with Crippen molar-refractivity contribution in [1.29, 1.82) is 0 Å². The lowest BCUT2D eigenvalue weighted by Crippen LogP contribution is -2.04. The molecule has 0 atom stereocenters. The lowest BCUT2D eigenvalue weighted by molar-refractivity contribution is 0.0697. The Kier molecular flexibility index (Phi) is 4.20. The smallest absolute Gasteiger partial charge is 0.337 e. The summed E-state index contributed by atoms with van der Waals surface area (Å²) in [5.41, 5.74) is 6.75. The van der Waals surface area contributed by atoms with Gasteiger partial charge in [0.05, 0.1) is 5.56 Å². The van der Waals surface area contributed by atoms with Crippen LogP contribution in [0.25, 0.3) is 0 Å². The van der Waals surface area contributed by atoms with Gasteiger partial charge in [0.15, 0.2) is 0 Å². The van der Waals surface area contributed by atoms with E-state index in [1.54, 1.807) is 24.8 Å². The molecule has 0 aliphatic rings. The van der Waals surface area contributed by atoms with Gasteiger partial charge in [0.25, 0.3) is 0 Å². The third kappa shape index (κ3) is 3.05. The monoisotopic (exact) mass is 289 g/mol. The average molecular weight is 289 g/mol. The molecule has 0 heterocycles. The predicted molar refractivity (Wildman–Crippen MR) is 80.8 cm³/mol. The Labute approximate surface area is 121 Å². The van der Waals surface area contributed by atoms with Crippen LogP contribution in [-0.4, -0.2) is 17.3 Å². The standard InChI is InChI=1S/C15H15NO3S/c1-9-7-11(8-13(14(9)16)15(17)18)19-10-3-5-12(20-2)6-4-10/h3-8H,16H2,1-2H3,(H,17,18). The third-order valence-electron chi connectivity index (χ3n) is 2.89. The number of thioether (sulfide) groups is 1. The first-order valence-electron chi connectivity index (χ1n) is 5.96. The summed E-state index contributed by atoms with van der Waals surface area (Å²) in [7, 11) is 0. The number of aryl methyl sites for hydroxylation is 1. The van der Waals surface area contributed by atoms with Crippen LogP contribution >= 0.6 is 11.8 Å². The second-order valence-corrected chi connectivity index (χ2v) is 5.16. The zero-order chi connectivity index (χ0) is 14.7. The number of ether oxygens (including phenoxy) is 1. The van der Waals surface area contributed by atoms with E-state index in [4.69, 9.17) is 15.6 Å². The number of aromatic carboxylic acids is 1. The summed E-state index contributed by atoms with van der Waals surface area (Å²) in [5.74, 6) is 0.0584. The van der Waals surface area contributed by atoms with Crippen LogP contribution in [0.2, 0.25) is 0 Å². The van der Waals surface area contributed by atoms with Gasteiger partial charge in [-0.1, -0.05) is 0 Å². The molecule has 0 saturated carbocycles. The van der Waals surface area contributed by atoms with E-state index in [0.29, 0.717) is 17.1 Å². The van der Waals surface area contributed by atoms with Gasteiger partial charge in [-0.3, -0.25) is 0 Å². The van der Waals surface area contributed by atoms with Crippen LogP contribution in [0.1, 0.15) is 15.9 Å². The van der Waals surface area contributed by atoms with Crippen molar-refractivity contribution >= 4 is 23.4 Å². The Morgan fingerprint density at radius 2 is 1.85 bits per heavy atom. The molecule has 0 fully saturated rings. The maximum absolute atomic E-state index is 11.1. The molecule has 0 spiro atoms.